The molecule has 4 aromatic rings. The highest BCUT2D eigenvalue weighted by atomic mass is 35.5. The summed E-state index contributed by atoms with van der Waals surface area (Å²) in [7, 11) is -4.10. The molecule has 66 heavy (non-hydrogen) atoms. The van der Waals surface area contributed by atoms with Crippen LogP contribution in [0.25, 0.3) is 11.3 Å². The van der Waals surface area contributed by atoms with Crippen molar-refractivity contribution >= 4 is 71.5 Å². The van der Waals surface area contributed by atoms with Crippen molar-refractivity contribution in [2.45, 2.75) is 71.6 Å². The quantitative estimate of drug-likeness (QED) is 0.0211. The number of carboxylic acid groups (broad SMARTS) is 1. The number of nitrogens with one attached hydrogen (secondary N) is 1. The first-order valence-corrected chi connectivity index (χ1v) is 23.2. The molecule has 0 saturated heterocycles. The topological polar surface area (TPSA) is 264 Å². The number of nitro benzene ring substituents is 1. The fourth-order valence-electron chi connectivity index (χ4n) is 5.01. The molecule has 0 amide bonds. The van der Waals surface area contributed by atoms with E-state index in [1.165, 1.54) is 50.4 Å². The van der Waals surface area contributed by atoms with E-state index < -0.39 is 72.4 Å². The van der Waals surface area contributed by atoms with E-state index in [-0.39, 0.29) is 33.6 Å². The number of nitrogens with zero attached hydrogens (tertiary/aromatic N) is 3. The molecule has 25 heteroatoms. The Morgan fingerprint density at radius 1 is 0.924 bits per heavy atom. The van der Waals surface area contributed by atoms with Gasteiger partial charge in [0.15, 0.2) is 17.0 Å². The van der Waals surface area contributed by atoms with E-state index in [4.69, 9.17) is 57.0 Å². The highest BCUT2D eigenvalue weighted by Gasteiger charge is 2.31. The summed E-state index contributed by atoms with van der Waals surface area (Å²) in [4.78, 5) is 72.6. The van der Waals surface area contributed by atoms with E-state index in [9.17, 15) is 47.0 Å². The molecule has 1 unspecified atom stereocenters. The lowest BCUT2D eigenvalue weighted by atomic mass is 10.1. The first-order chi connectivity index (χ1) is 31.1. The summed E-state index contributed by atoms with van der Waals surface area (Å²) in [6, 6.07) is 16.4. The summed E-state index contributed by atoms with van der Waals surface area (Å²) in [6.45, 7) is 4.58. The Hall–Kier alpha value is -5.35. The number of unbranched alkanes of at least 4 members (excludes halogenated alkanes) is 5. The number of thioether (sulfide) groups is 1. The minimum Gasteiger partial charge on any atom is -0.480 e. The standard InChI is InChI=1S/C19H15ClF3NO7.C19H23ClN2O2S.C3H8NO5P/c1-3-29-17(25)10(2)30-18(26)13-9-12(5-6-15(13)24(27)28)31-16-7-4-11(8-14(16)20)19(21,22)23;1-2-3-4-5-6-10-13-25-19(23)24-16-14-17(20)21-22-18(16)15-11-8-7-9-12-15;5-3(6)1-4-2-10(7,8)9/h4-10H,3H2,1-2H3;7-9,11-12,14H,2-6,10,13H2,1H3;4H,1-2H2,(H,5,6)(H2,7,8,9). The lowest BCUT2D eigenvalue weighted by Gasteiger charge is -2.13. The normalized spacial score (nSPS) is 11.4. The van der Waals surface area contributed by atoms with Gasteiger partial charge in [-0.2, -0.15) is 13.2 Å². The maximum atomic E-state index is 12.8. The number of aliphatic carboxylic acids is 1. The van der Waals surface area contributed by atoms with Crippen LogP contribution in [0.5, 0.6) is 17.2 Å². The number of ether oxygens (including phenoxy) is 4. The van der Waals surface area contributed by atoms with Gasteiger partial charge >= 0.3 is 37.0 Å². The maximum absolute atomic E-state index is 12.8. The smallest absolute Gasteiger partial charge is 0.416 e. The van der Waals surface area contributed by atoms with E-state index in [0.717, 1.165) is 54.5 Å². The van der Waals surface area contributed by atoms with Gasteiger partial charge in [0, 0.05) is 29.5 Å². The van der Waals surface area contributed by atoms with Crippen molar-refractivity contribution in [2.24, 2.45) is 0 Å². The number of esters is 2. The third kappa shape index (κ3) is 21.8. The monoisotopic (exact) mass is 1010 g/mol. The zero-order chi connectivity index (χ0) is 49.5. The number of rotatable bonds is 20. The third-order valence-electron chi connectivity index (χ3n) is 8.06. The van der Waals surface area contributed by atoms with Crippen molar-refractivity contribution in [3.8, 4) is 28.5 Å². The van der Waals surface area contributed by atoms with Gasteiger partial charge in [0.05, 0.1) is 34.9 Å². The Bertz CT molecular complexity index is 2300. The number of aromatic nitrogens is 2. The molecule has 0 fully saturated rings. The molecule has 1 aromatic heterocycles. The van der Waals surface area contributed by atoms with Crippen LogP contribution in [0, 0.1) is 10.1 Å². The summed E-state index contributed by atoms with van der Waals surface area (Å²) in [5, 5.41) is 28.7. The van der Waals surface area contributed by atoms with Gasteiger partial charge in [-0.25, -0.2) is 14.4 Å². The zero-order valence-electron chi connectivity index (χ0n) is 35.5. The molecule has 18 nitrogen and oxygen atoms in total. The van der Waals surface area contributed by atoms with Gasteiger partial charge in [-0.15, -0.1) is 10.2 Å². The fourth-order valence-corrected chi connectivity index (χ4v) is 6.43. The van der Waals surface area contributed by atoms with Crippen LogP contribution < -0.4 is 14.8 Å². The Morgan fingerprint density at radius 3 is 2.18 bits per heavy atom. The lowest BCUT2D eigenvalue weighted by Crippen LogP contribution is -2.26. The van der Waals surface area contributed by atoms with Crippen LogP contribution in [-0.2, 0) is 29.8 Å². The van der Waals surface area contributed by atoms with E-state index in [2.05, 4.69) is 22.4 Å². The fraction of sp³-hybridized carbons (Fsp3) is 0.366. The Morgan fingerprint density at radius 2 is 1.59 bits per heavy atom. The second-order valence-corrected chi connectivity index (χ2v) is 16.8. The van der Waals surface area contributed by atoms with E-state index in [0.29, 0.717) is 17.5 Å². The van der Waals surface area contributed by atoms with Gasteiger partial charge in [0.2, 0.25) is 0 Å². The number of hydrogen-bond acceptors (Lipinski definition) is 15. The predicted molar refractivity (Wildman–Crippen MR) is 238 cm³/mol. The molecule has 4 rings (SSSR count). The van der Waals surface area contributed by atoms with Gasteiger partial charge in [-0.05, 0) is 56.3 Å². The summed E-state index contributed by atoms with van der Waals surface area (Å²) >= 11 is 12.9. The van der Waals surface area contributed by atoms with Crippen molar-refractivity contribution in [1.29, 1.82) is 0 Å². The van der Waals surface area contributed by atoms with E-state index >= 15 is 0 Å². The van der Waals surface area contributed by atoms with Gasteiger partial charge in [-0.1, -0.05) is 92.6 Å². The summed E-state index contributed by atoms with van der Waals surface area (Å²) in [5.41, 5.74) is -0.826. The largest absolute Gasteiger partial charge is 0.480 e. The predicted octanol–water partition coefficient (Wildman–Crippen LogP) is 10.4. The van der Waals surface area contributed by atoms with Crippen molar-refractivity contribution in [1.82, 2.24) is 15.5 Å². The van der Waals surface area contributed by atoms with Gasteiger partial charge < -0.3 is 33.8 Å². The summed E-state index contributed by atoms with van der Waals surface area (Å²) in [5.74, 6) is -2.40. The summed E-state index contributed by atoms with van der Waals surface area (Å²) in [6.07, 6.45) is 0.657. The molecule has 4 N–H and O–H groups in total. The Kier molecular flexibility index (Phi) is 24.6. The number of carboxylic acids is 1. The third-order valence-corrected chi connectivity index (χ3v) is 9.98. The minimum absolute atomic E-state index is 0.0398. The van der Waals surface area contributed by atoms with Crippen LogP contribution in [-0.4, -0.2) is 84.5 Å². The van der Waals surface area contributed by atoms with E-state index in [1.54, 1.807) is 6.92 Å². The van der Waals surface area contributed by atoms with Gasteiger partial charge in [0.25, 0.3) is 5.69 Å². The molecule has 0 radical (unpaired) electrons. The van der Waals surface area contributed by atoms with Crippen molar-refractivity contribution in [3.05, 3.63) is 104 Å². The average Bonchev–Trinajstić information content (AvgIpc) is 3.24. The van der Waals surface area contributed by atoms with Crippen molar-refractivity contribution in [2.75, 3.05) is 25.2 Å². The second kappa shape index (κ2) is 28.6. The van der Waals surface area contributed by atoms with Crippen LogP contribution in [0.2, 0.25) is 10.2 Å². The Balaban J connectivity index is 0.000000382. The Labute approximate surface area is 390 Å². The zero-order valence-corrected chi connectivity index (χ0v) is 38.7. The van der Waals surface area contributed by atoms with Crippen molar-refractivity contribution < 1.29 is 75.7 Å². The number of carbonyl (C=O) groups excluding carboxylic acids is 3. The van der Waals surface area contributed by atoms with Crippen LogP contribution >= 0.6 is 42.6 Å². The molecule has 0 bridgehead atoms. The lowest BCUT2D eigenvalue weighted by molar-refractivity contribution is -0.385. The first-order valence-electron chi connectivity index (χ1n) is 19.7. The maximum Gasteiger partial charge on any atom is 0.416 e. The van der Waals surface area contributed by atoms with E-state index in [1.807, 2.05) is 30.3 Å². The molecule has 360 valence electrons. The number of benzene rings is 3. The minimum atomic E-state index is -4.61. The molecular formula is C41H46Cl2F3N4O14PS. The molecule has 0 aliphatic heterocycles. The van der Waals surface area contributed by atoms with Crippen LogP contribution in [0.3, 0.4) is 0 Å². The number of nitro groups is 1. The molecule has 0 aliphatic carbocycles. The number of halogens is 5. The molecule has 1 heterocycles. The highest BCUT2D eigenvalue weighted by molar-refractivity contribution is 8.13. The summed E-state index contributed by atoms with van der Waals surface area (Å²) < 4.78 is 68.7. The van der Waals surface area contributed by atoms with Crippen LogP contribution in [0.1, 0.15) is 75.2 Å². The number of carbonyl (C=O) groups is 4. The van der Waals surface area contributed by atoms with Gasteiger partial charge in [0.1, 0.15) is 22.8 Å². The number of hydrogen-bond donors (Lipinski definition) is 4. The molecule has 0 saturated carbocycles. The van der Waals surface area contributed by atoms with Crippen molar-refractivity contribution in [3.63, 3.8) is 0 Å². The van der Waals surface area contributed by atoms with Crippen LogP contribution in [0.4, 0.5) is 23.7 Å². The molecule has 0 aliphatic rings. The van der Waals surface area contributed by atoms with Crippen LogP contribution in [0.15, 0.2) is 72.8 Å². The number of alkyl halides is 3. The average molecular weight is 1010 g/mol. The molecule has 3 aromatic carbocycles. The SMILES string of the molecule is CCCCCCCCSC(=O)Oc1cc(Cl)nnc1-c1ccccc1.CCOC(=O)C(C)OC(=O)c1cc(Oc2ccc(C(F)(F)F)cc2Cl)ccc1[N+](=O)[O-].O=C(O)CNCP(=O)(O)O. The molecule has 1 atom stereocenters. The van der Waals surface area contributed by atoms with Gasteiger partial charge in [-0.3, -0.25) is 24.8 Å². The molecular weight excluding hydrogens is 963 g/mol. The second-order valence-electron chi connectivity index (χ2n) is 13.3. The first kappa shape index (κ1) is 56.8. The molecule has 0 spiro atoms. The highest BCUT2D eigenvalue weighted by Crippen LogP contribution is 2.38.